The maximum atomic E-state index is 12.4. The van der Waals surface area contributed by atoms with Crippen LogP contribution in [-0.2, 0) is 22.4 Å². The summed E-state index contributed by atoms with van der Waals surface area (Å²) in [6.45, 7) is 1.40. The van der Waals surface area contributed by atoms with E-state index in [1.54, 1.807) is 4.90 Å². The van der Waals surface area contributed by atoms with E-state index in [4.69, 9.17) is 4.74 Å². The molecule has 3 rings (SSSR count). The highest BCUT2D eigenvalue weighted by molar-refractivity contribution is 5.79. The van der Waals surface area contributed by atoms with Crippen molar-refractivity contribution in [2.45, 2.75) is 19.3 Å². The first-order valence-electron chi connectivity index (χ1n) is 8.36. The normalized spacial score (nSPS) is 23.3. The van der Waals surface area contributed by atoms with Crippen LogP contribution in [0.2, 0.25) is 0 Å². The SMILES string of the molecule is COCC1(C(=O)O)CCN(C(=O)NCC2Cc3ccccc3C2)C1. The monoisotopic (exact) mass is 332 g/mol. The Balaban J connectivity index is 1.51. The van der Waals surface area contributed by atoms with E-state index in [0.29, 0.717) is 25.4 Å². The third-order valence-electron chi connectivity index (χ3n) is 5.19. The smallest absolute Gasteiger partial charge is 0.317 e. The minimum atomic E-state index is -0.977. The van der Waals surface area contributed by atoms with Gasteiger partial charge in [-0.15, -0.1) is 0 Å². The van der Waals surface area contributed by atoms with Crippen LogP contribution in [0.25, 0.3) is 0 Å². The molecule has 2 aliphatic rings. The lowest BCUT2D eigenvalue weighted by atomic mass is 9.88. The number of aliphatic carboxylic acids is 1. The van der Waals surface area contributed by atoms with Gasteiger partial charge in [-0.25, -0.2) is 4.79 Å². The molecule has 1 unspecified atom stereocenters. The number of methoxy groups -OCH3 is 1. The van der Waals surface area contributed by atoms with E-state index >= 15 is 0 Å². The van der Waals surface area contributed by atoms with Crippen molar-refractivity contribution in [3.8, 4) is 0 Å². The van der Waals surface area contributed by atoms with Crippen LogP contribution in [0.15, 0.2) is 24.3 Å². The van der Waals surface area contributed by atoms with Gasteiger partial charge in [0.2, 0.25) is 0 Å². The first kappa shape index (κ1) is 16.8. The van der Waals surface area contributed by atoms with E-state index in [9.17, 15) is 14.7 Å². The number of carbonyl (C=O) groups excluding carboxylic acids is 1. The van der Waals surface area contributed by atoms with Crippen molar-refractivity contribution in [3.63, 3.8) is 0 Å². The summed E-state index contributed by atoms with van der Waals surface area (Å²) in [5, 5.41) is 12.4. The Morgan fingerprint density at radius 2 is 2.00 bits per heavy atom. The Morgan fingerprint density at radius 3 is 2.58 bits per heavy atom. The first-order valence-corrected chi connectivity index (χ1v) is 8.36. The molecule has 1 aromatic carbocycles. The Kier molecular flexibility index (Phi) is 4.76. The fourth-order valence-electron chi connectivity index (χ4n) is 3.81. The van der Waals surface area contributed by atoms with Crippen molar-refractivity contribution in [1.82, 2.24) is 10.2 Å². The van der Waals surface area contributed by atoms with Crippen molar-refractivity contribution in [3.05, 3.63) is 35.4 Å². The van der Waals surface area contributed by atoms with Crippen molar-refractivity contribution in [2.24, 2.45) is 11.3 Å². The second kappa shape index (κ2) is 6.81. The first-order chi connectivity index (χ1) is 11.5. The quantitative estimate of drug-likeness (QED) is 0.857. The lowest BCUT2D eigenvalue weighted by Crippen LogP contribution is -2.44. The Labute approximate surface area is 141 Å². The zero-order chi connectivity index (χ0) is 17.2. The van der Waals surface area contributed by atoms with Crippen molar-refractivity contribution in [2.75, 3.05) is 33.4 Å². The number of hydrogen-bond acceptors (Lipinski definition) is 3. The maximum absolute atomic E-state index is 12.4. The Bertz CT molecular complexity index is 608. The highest BCUT2D eigenvalue weighted by Gasteiger charge is 2.46. The highest BCUT2D eigenvalue weighted by atomic mass is 16.5. The maximum Gasteiger partial charge on any atom is 0.317 e. The third kappa shape index (κ3) is 3.24. The summed E-state index contributed by atoms with van der Waals surface area (Å²) in [6.07, 6.45) is 2.40. The molecule has 1 aliphatic carbocycles. The molecule has 1 aromatic rings. The number of benzene rings is 1. The van der Waals surface area contributed by atoms with E-state index in [2.05, 4.69) is 17.4 Å². The molecule has 1 saturated heterocycles. The van der Waals surface area contributed by atoms with Crippen LogP contribution in [-0.4, -0.2) is 55.4 Å². The van der Waals surface area contributed by atoms with Gasteiger partial charge in [-0.3, -0.25) is 4.79 Å². The van der Waals surface area contributed by atoms with Gasteiger partial charge < -0.3 is 20.1 Å². The van der Waals surface area contributed by atoms with Crippen LogP contribution in [0.4, 0.5) is 4.79 Å². The minimum absolute atomic E-state index is 0.129. The van der Waals surface area contributed by atoms with Gasteiger partial charge in [0.1, 0.15) is 5.41 Å². The van der Waals surface area contributed by atoms with Crippen LogP contribution in [0, 0.1) is 11.3 Å². The Hall–Kier alpha value is -2.08. The number of carboxylic acids is 1. The predicted molar refractivity (Wildman–Crippen MR) is 88.9 cm³/mol. The number of nitrogens with zero attached hydrogens (tertiary/aromatic N) is 1. The summed E-state index contributed by atoms with van der Waals surface area (Å²) in [6, 6.07) is 8.20. The molecule has 1 fully saturated rings. The number of hydrogen-bond donors (Lipinski definition) is 2. The van der Waals surface area contributed by atoms with Gasteiger partial charge in [0.15, 0.2) is 0 Å². The second-order valence-corrected chi connectivity index (χ2v) is 6.92. The van der Waals surface area contributed by atoms with Gasteiger partial charge in [0.05, 0.1) is 6.61 Å². The fourth-order valence-corrected chi connectivity index (χ4v) is 3.81. The summed E-state index contributed by atoms with van der Waals surface area (Å²) >= 11 is 0. The van der Waals surface area contributed by atoms with Crippen molar-refractivity contribution < 1.29 is 19.4 Å². The number of fused-ring (bicyclic) bond motifs is 1. The average molecular weight is 332 g/mol. The average Bonchev–Trinajstić information content (AvgIpc) is 3.17. The molecular formula is C18H24N2O4. The van der Waals surface area contributed by atoms with Crippen molar-refractivity contribution in [1.29, 1.82) is 0 Å². The molecule has 1 aliphatic heterocycles. The topological polar surface area (TPSA) is 78.9 Å². The number of likely N-dealkylation sites (tertiary alicyclic amines) is 1. The third-order valence-corrected chi connectivity index (χ3v) is 5.19. The molecule has 24 heavy (non-hydrogen) atoms. The van der Waals surface area contributed by atoms with Gasteiger partial charge in [0, 0.05) is 26.7 Å². The molecule has 1 atom stereocenters. The zero-order valence-electron chi connectivity index (χ0n) is 14.0. The largest absolute Gasteiger partial charge is 0.481 e. The fraction of sp³-hybridized carbons (Fsp3) is 0.556. The summed E-state index contributed by atoms with van der Waals surface area (Å²) in [5.74, 6) is -0.483. The van der Waals surface area contributed by atoms with E-state index < -0.39 is 11.4 Å². The molecular weight excluding hydrogens is 308 g/mol. The summed E-state index contributed by atoms with van der Waals surface area (Å²) in [4.78, 5) is 25.5. The van der Waals surface area contributed by atoms with Crippen LogP contribution in [0.3, 0.4) is 0 Å². The number of carboxylic acid groups (broad SMARTS) is 1. The highest BCUT2D eigenvalue weighted by Crippen LogP contribution is 2.31. The molecule has 0 spiro atoms. The Morgan fingerprint density at radius 1 is 1.33 bits per heavy atom. The van der Waals surface area contributed by atoms with Crippen LogP contribution in [0.5, 0.6) is 0 Å². The zero-order valence-corrected chi connectivity index (χ0v) is 14.0. The molecule has 0 saturated carbocycles. The number of nitrogens with one attached hydrogen (secondary N) is 1. The molecule has 2 N–H and O–H groups in total. The second-order valence-electron chi connectivity index (χ2n) is 6.92. The van der Waals surface area contributed by atoms with E-state index in [1.165, 1.54) is 18.2 Å². The van der Waals surface area contributed by atoms with E-state index in [0.717, 1.165) is 12.8 Å². The van der Waals surface area contributed by atoms with Crippen molar-refractivity contribution >= 4 is 12.0 Å². The van der Waals surface area contributed by atoms with Gasteiger partial charge in [-0.1, -0.05) is 24.3 Å². The molecule has 0 bridgehead atoms. The summed E-state index contributed by atoms with van der Waals surface area (Å²) in [7, 11) is 1.49. The number of amides is 2. The molecule has 1 heterocycles. The lowest BCUT2D eigenvalue weighted by Gasteiger charge is -2.24. The van der Waals surface area contributed by atoms with E-state index in [-0.39, 0.29) is 19.2 Å². The number of urea groups is 1. The number of carbonyl (C=O) groups is 2. The molecule has 2 amide bonds. The van der Waals surface area contributed by atoms with Gasteiger partial charge in [0.25, 0.3) is 0 Å². The standard InChI is InChI=1S/C18H24N2O4/c1-24-12-18(16(21)22)6-7-20(11-18)17(23)19-10-13-8-14-4-2-3-5-15(14)9-13/h2-5,13H,6-12H2,1H3,(H,19,23)(H,21,22). The molecule has 130 valence electrons. The van der Waals surface area contributed by atoms with Crippen LogP contribution >= 0.6 is 0 Å². The predicted octanol–water partition coefficient (Wildman–Crippen LogP) is 1.53. The molecule has 6 nitrogen and oxygen atoms in total. The van der Waals surface area contributed by atoms with Gasteiger partial charge in [-0.2, -0.15) is 0 Å². The molecule has 0 radical (unpaired) electrons. The van der Waals surface area contributed by atoms with E-state index in [1.807, 2.05) is 12.1 Å². The van der Waals surface area contributed by atoms with Gasteiger partial charge >= 0.3 is 12.0 Å². The molecule has 6 heteroatoms. The summed E-state index contributed by atoms with van der Waals surface area (Å²) < 4.78 is 5.06. The van der Waals surface area contributed by atoms with Crippen LogP contribution in [0.1, 0.15) is 17.5 Å². The number of rotatable bonds is 5. The van der Waals surface area contributed by atoms with Gasteiger partial charge in [-0.05, 0) is 36.3 Å². The molecule has 0 aromatic heterocycles. The minimum Gasteiger partial charge on any atom is -0.481 e. The number of ether oxygens (including phenoxy) is 1. The lowest BCUT2D eigenvalue weighted by molar-refractivity contribution is -0.151. The van der Waals surface area contributed by atoms with Crippen LogP contribution < -0.4 is 5.32 Å². The summed E-state index contributed by atoms with van der Waals surface area (Å²) in [5.41, 5.74) is 1.75.